The Hall–Kier alpha value is -2.49. The van der Waals surface area contributed by atoms with E-state index in [1.54, 1.807) is 14.2 Å². The molecule has 128 valence electrons. The van der Waals surface area contributed by atoms with E-state index in [4.69, 9.17) is 4.74 Å². The zero-order valence-electron chi connectivity index (χ0n) is 14.8. The number of aryl methyl sites for hydroxylation is 2. The molecule has 0 aliphatic rings. The molecule has 0 amide bonds. The first-order valence-electron chi connectivity index (χ1n) is 8.34. The van der Waals surface area contributed by atoms with E-state index in [0.29, 0.717) is 0 Å². The average molecular weight is 325 g/mol. The fourth-order valence-corrected chi connectivity index (χ4v) is 2.44. The van der Waals surface area contributed by atoms with Gasteiger partial charge in [-0.25, -0.2) is 0 Å². The third-order valence-corrected chi connectivity index (χ3v) is 3.87. The monoisotopic (exact) mass is 325 g/mol. The summed E-state index contributed by atoms with van der Waals surface area (Å²) in [6.45, 7) is 3.75. The molecule has 0 aliphatic carbocycles. The molecule has 2 rings (SSSR count). The molecule has 24 heavy (non-hydrogen) atoms. The maximum atomic E-state index is 5.25. The lowest BCUT2D eigenvalue weighted by Gasteiger charge is -2.12. The summed E-state index contributed by atoms with van der Waals surface area (Å²) < 4.78 is 5.25. The van der Waals surface area contributed by atoms with Crippen molar-refractivity contribution in [1.29, 1.82) is 0 Å². The van der Waals surface area contributed by atoms with E-state index in [9.17, 15) is 0 Å². The first kappa shape index (κ1) is 17.9. The normalized spacial score (nSPS) is 11.2. The molecule has 2 aromatic rings. The van der Waals surface area contributed by atoms with Gasteiger partial charge in [0.25, 0.3) is 0 Å². The van der Waals surface area contributed by atoms with Crippen LogP contribution in [0.5, 0.6) is 5.75 Å². The zero-order chi connectivity index (χ0) is 17.2. The Morgan fingerprint density at radius 3 is 2.54 bits per heavy atom. The summed E-state index contributed by atoms with van der Waals surface area (Å²) in [6, 6.07) is 16.7. The van der Waals surface area contributed by atoms with Crippen LogP contribution in [0.2, 0.25) is 0 Å². The minimum Gasteiger partial charge on any atom is -0.497 e. The van der Waals surface area contributed by atoms with Crippen molar-refractivity contribution >= 4 is 5.96 Å². The van der Waals surface area contributed by atoms with E-state index in [1.165, 1.54) is 16.7 Å². The van der Waals surface area contributed by atoms with Crippen molar-refractivity contribution in [3.63, 3.8) is 0 Å². The fourth-order valence-electron chi connectivity index (χ4n) is 2.44. The van der Waals surface area contributed by atoms with Crippen LogP contribution in [0.3, 0.4) is 0 Å². The van der Waals surface area contributed by atoms with Gasteiger partial charge in [0.2, 0.25) is 0 Å². The molecule has 0 atom stereocenters. The molecule has 0 spiro atoms. The van der Waals surface area contributed by atoms with Gasteiger partial charge in [0.15, 0.2) is 5.96 Å². The third-order valence-electron chi connectivity index (χ3n) is 3.87. The van der Waals surface area contributed by atoms with Gasteiger partial charge >= 0.3 is 0 Å². The van der Waals surface area contributed by atoms with Crippen molar-refractivity contribution in [2.75, 3.05) is 20.7 Å². The number of hydrogen-bond acceptors (Lipinski definition) is 2. The lowest BCUT2D eigenvalue weighted by molar-refractivity contribution is 0.414. The van der Waals surface area contributed by atoms with Crippen LogP contribution in [-0.4, -0.2) is 26.7 Å². The van der Waals surface area contributed by atoms with Crippen LogP contribution in [0.1, 0.15) is 23.1 Å². The highest BCUT2D eigenvalue weighted by Gasteiger charge is 2.00. The van der Waals surface area contributed by atoms with Crippen molar-refractivity contribution in [2.45, 2.75) is 26.3 Å². The second-order valence-corrected chi connectivity index (χ2v) is 5.79. The maximum absolute atomic E-state index is 5.25. The SMILES string of the molecule is CN=C(NCCCc1cccc(OC)c1)NCc1ccc(C)cc1. The van der Waals surface area contributed by atoms with Crippen molar-refractivity contribution < 1.29 is 4.74 Å². The van der Waals surface area contributed by atoms with E-state index in [-0.39, 0.29) is 0 Å². The van der Waals surface area contributed by atoms with Crippen LogP contribution in [-0.2, 0) is 13.0 Å². The van der Waals surface area contributed by atoms with Crippen molar-refractivity contribution in [3.8, 4) is 5.75 Å². The fraction of sp³-hybridized carbons (Fsp3) is 0.350. The predicted octanol–water partition coefficient (Wildman–Crippen LogP) is 3.30. The van der Waals surface area contributed by atoms with Crippen LogP contribution in [0, 0.1) is 6.92 Å². The summed E-state index contributed by atoms with van der Waals surface area (Å²) in [5.74, 6) is 1.75. The predicted molar refractivity (Wildman–Crippen MR) is 101 cm³/mol. The average Bonchev–Trinajstić information content (AvgIpc) is 2.62. The molecule has 0 heterocycles. The van der Waals surface area contributed by atoms with E-state index in [0.717, 1.165) is 37.6 Å². The molecule has 2 aromatic carbocycles. The number of nitrogens with one attached hydrogen (secondary N) is 2. The molecular formula is C20H27N3O. The van der Waals surface area contributed by atoms with E-state index >= 15 is 0 Å². The van der Waals surface area contributed by atoms with Crippen molar-refractivity contribution in [1.82, 2.24) is 10.6 Å². The van der Waals surface area contributed by atoms with Gasteiger partial charge in [-0.2, -0.15) is 0 Å². The molecule has 0 fully saturated rings. The Labute approximate surface area is 145 Å². The number of rotatable bonds is 7. The Morgan fingerprint density at radius 2 is 1.83 bits per heavy atom. The lowest BCUT2D eigenvalue weighted by atomic mass is 10.1. The highest BCUT2D eigenvalue weighted by Crippen LogP contribution is 2.13. The lowest BCUT2D eigenvalue weighted by Crippen LogP contribution is -2.37. The summed E-state index contributed by atoms with van der Waals surface area (Å²) >= 11 is 0. The highest BCUT2D eigenvalue weighted by molar-refractivity contribution is 5.79. The smallest absolute Gasteiger partial charge is 0.191 e. The standard InChI is InChI=1S/C20H27N3O/c1-16-9-11-18(12-10-16)15-23-20(21-2)22-13-5-7-17-6-4-8-19(14-17)24-3/h4,6,8-12,14H,5,7,13,15H2,1-3H3,(H2,21,22,23). The summed E-state index contributed by atoms with van der Waals surface area (Å²) in [4.78, 5) is 4.27. The Bertz CT molecular complexity index is 650. The van der Waals surface area contributed by atoms with Crippen LogP contribution < -0.4 is 15.4 Å². The number of nitrogens with zero attached hydrogens (tertiary/aromatic N) is 1. The molecule has 4 nitrogen and oxygen atoms in total. The molecule has 0 radical (unpaired) electrons. The molecule has 0 bridgehead atoms. The maximum Gasteiger partial charge on any atom is 0.191 e. The minimum absolute atomic E-state index is 0.774. The van der Waals surface area contributed by atoms with Gasteiger partial charge in [0.05, 0.1) is 7.11 Å². The first-order chi connectivity index (χ1) is 11.7. The van der Waals surface area contributed by atoms with Gasteiger partial charge in [-0.3, -0.25) is 4.99 Å². The number of ether oxygens (including phenoxy) is 1. The van der Waals surface area contributed by atoms with Gasteiger partial charge in [0, 0.05) is 20.1 Å². The molecule has 0 aliphatic heterocycles. The number of methoxy groups -OCH3 is 1. The number of aliphatic imine (C=N–C) groups is 1. The quantitative estimate of drug-likeness (QED) is 0.466. The van der Waals surface area contributed by atoms with Crippen LogP contribution in [0.25, 0.3) is 0 Å². The first-order valence-corrected chi connectivity index (χ1v) is 8.34. The second-order valence-electron chi connectivity index (χ2n) is 5.79. The van der Waals surface area contributed by atoms with Crippen LogP contribution in [0.15, 0.2) is 53.5 Å². The van der Waals surface area contributed by atoms with E-state index in [1.807, 2.05) is 12.1 Å². The van der Waals surface area contributed by atoms with Crippen LogP contribution >= 0.6 is 0 Å². The molecule has 0 saturated heterocycles. The van der Waals surface area contributed by atoms with Gasteiger partial charge in [-0.05, 0) is 43.0 Å². The molecule has 0 aromatic heterocycles. The summed E-state index contributed by atoms with van der Waals surface area (Å²) in [7, 11) is 3.50. The molecule has 4 heteroatoms. The zero-order valence-corrected chi connectivity index (χ0v) is 14.8. The number of benzene rings is 2. The third kappa shape index (κ3) is 5.95. The number of guanidine groups is 1. The Morgan fingerprint density at radius 1 is 1.04 bits per heavy atom. The molecule has 2 N–H and O–H groups in total. The van der Waals surface area contributed by atoms with E-state index < -0.39 is 0 Å². The van der Waals surface area contributed by atoms with Gasteiger partial charge in [0.1, 0.15) is 5.75 Å². The molecule has 0 unspecified atom stereocenters. The molecule has 0 saturated carbocycles. The topological polar surface area (TPSA) is 45.7 Å². The largest absolute Gasteiger partial charge is 0.497 e. The number of hydrogen-bond donors (Lipinski definition) is 2. The van der Waals surface area contributed by atoms with Crippen molar-refractivity contribution in [2.24, 2.45) is 4.99 Å². The van der Waals surface area contributed by atoms with Gasteiger partial charge in [-0.15, -0.1) is 0 Å². The minimum atomic E-state index is 0.774. The summed E-state index contributed by atoms with van der Waals surface area (Å²) in [6.07, 6.45) is 2.05. The van der Waals surface area contributed by atoms with Crippen molar-refractivity contribution in [3.05, 3.63) is 65.2 Å². The Balaban J connectivity index is 1.70. The Kier molecular flexibility index (Phi) is 7.15. The van der Waals surface area contributed by atoms with Gasteiger partial charge < -0.3 is 15.4 Å². The molecular weight excluding hydrogens is 298 g/mol. The van der Waals surface area contributed by atoms with Gasteiger partial charge in [-0.1, -0.05) is 42.0 Å². The van der Waals surface area contributed by atoms with Crippen LogP contribution in [0.4, 0.5) is 0 Å². The second kappa shape index (κ2) is 9.60. The summed E-state index contributed by atoms with van der Waals surface area (Å²) in [5, 5.41) is 6.70. The van der Waals surface area contributed by atoms with E-state index in [2.05, 4.69) is 58.9 Å². The summed E-state index contributed by atoms with van der Waals surface area (Å²) in [5.41, 5.74) is 3.82. The highest BCUT2D eigenvalue weighted by atomic mass is 16.5.